The van der Waals surface area contributed by atoms with Crippen molar-refractivity contribution in [1.82, 2.24) is 0 Å². The molecule has 0 aliphatic carbocycles. The number of anilines is 1. The first kappa shape index (κ1) is 20.9. The Kier molecular flexibility index (Phi) is 5.35. The Morgan fingerprint density at radius 2 is 1.84 bits per heavy atom. The predicted molar refractivity (Wildman–Crippen MR) is 128 cm³/mol. The van der Waals surface area contributed by atoms with Crippen molar-refractivity contribution in [2.24, 2.45) is 0 Å². The summed E-state index contributed by atoms with van der Waals surface area (Å²) in [6.45, 7) is 0. The topological polar surface area (TPSA) is 85.6 Å². The first-order valence-corrected chi connectivity index (χ1v) is 12.9. The van der Waals surface area contributed by atoms with Crippen LogP contribution in [0.3, 0.4) is 0 Å². The van der Waals surface area contributed by atoms with E-state index in [0.29, 0.717) is 29.0 Å². The molecular formula is C24H21NO5S2. The monoisotopic (exact) mass is 467 g/mol. The van der Waals surface area contributed by atoms with Gasteiger partial charge in [0, 0.05) is 27.0 Å². The molecule has 1 amide bonds. The number of para-hydroxylation sites is 1. The fraction of sp³-hybridized carbons (Fsp3) is 0.208. The van der Waals surface area contributed by atoms with Crippen molar-refractivity contribution in [3.8, 4) is 5.75 Å². The number of methoxy groups -OCH3 is 1. The minimum atomic E-state index is -2.99. The Bertz CT molecular complexity index is 1440. The van der Waals surface area contributed by atoms with E-state index in [2.05, 4.69) is 5.32 Å². The molecular weight excluding hydrogens is 446 g/mol. The number of carbonyl (C=O) groups excluding carboxylic acids is 1. The van der Waals surface area contributed by atoms with E-state index in [-0.39, 0.29) is 22.7 Å². The molecule has 0 spiro atoms. The molecule has 3 aromatic carbocycles. The van der Waals surface area contributed by atoms with Crippen LogP contribution in [-0.2, 0) is 9.84 Å². The van der Waals surface area contributed by atoms with Crippen molar-refractivity contribution in [1.29, 1.82) is 0 Å². The van der Waals surface area contributed by atoms with Crippen molar-refractivity contribution in [3.63, 3.8) is 0 Å². The number of furan rings is 1. The van der Waals surface area contributed by atoms with Crippen molar-refractivity contribution in [2.75, 3.05) is 23.9 Å². The van der Waals surface area contributed by atoms with Crippen LogP contribution in [-0.4, -0.2) is 38.2 Å². The summed E-state index contributed by atoms with van der Waals surface area (Å²) < 4.78 is 35.1. The first-order chi connectivity index (χ1) is 15.4. The summed E-state index contributed by atoms with van der Waals surface area (Å²) >= 11 is 1.44. The Labute approximate surface area is 189 Å². The van der Waals surface area contributed by atoms with Crippen LogP contribution in [0, 0.1) is 0 Å². The molecule has 1 atom stereocenters. The fourth-order valence-electron chi connectivity index (χ4n) is 4.00. The minimum absolute atomic E-state index is 0.0459. The smallest absolute Gasteiger partial charge is 0.256 e. The zero-order chi connectivity index (χ0) is 22.3. The lowest BCUT2D eigenvalue weighted by Gasteiger charge is -2.14. The van der Waals surface area contributed by atoms with Crippen LogP contribution in [0.2, 0.25) is 0 Å². The second-order valence-corrected chi connectivity index (χ2v) is 11.3. The van der Waals surface area contributed by atoms with Gasteiger partial charge in [0.15, 0.2) is 9.84 Å². The average Bonchev–Trinajstić information content (AvgIpc) is 3.31. The molecule has 1 N–H and O–H groups in total. The van der Waals surface area contributed by atoms with E-state index in [1.54, 1.807) is 25.3 Å². The van der Waals surface area contributed by atoms with Crippen LogP contribution in [0.15, 0.2) is 70.0 Å². The number of carbonyl (C=O) groups is 1. The van der Waals surface area contributed by atoms with Gasteiger partial charge in [-0.25, -0.2) is 8.42 Å². The van der Waals surface area contributed by atoms with Crippen molar-refractivity contribution in [2.45, 2.75) is 16.6 Å². The fourth-order valence-corrected chi connectivity index (χ4v) is 7.62. The molecule has 32 heavy (non-hydrogen) atoms. The van der Waals surface area contributed by atoms with Gasteiger partial charge in [0.25, 0.3) is 5.91 Å². The number of hydrogen-bond donors (Lipinski definition) is 1. The van der Waals surface area contributed by atoms with Crippen molar-refractivity contribution in [3.05, 3.63) is 66.2 Å². The average molecular weight is 468 g/mol. The van der Waals surface area contributed by atoms with Gasteiger partial charge in [-0.1, -0.05) is 30.3 Å². The zero-order valence-corrected chi connectivity index (χ0v) is 19.0. The maximum Gasteiger partial charge on any atom is 0.256 e. The molecule has 5 rings (SSSR count). The molecule has 1 aliphatic rings. The normalized spacial score (nSPS) is 17.6. The third-order valence-electron chi connectivity index (χ3n) is 5.56. The van der Waals surface area contributed by atoms with Crippen LogP contribution >= 0.6 is 11.8 Å². The number of nitrogens with one attached hydrogen (secondary N) is 1. The van der Waals surface area contributed by atoms with Crippen LogP contribution in [0.4, 0.5) is 5.69 Å². The molecule has 164 valence electrons. The van der Waals surface area contributed by atoms with Gasteiger partial charge in [-0.15, -0.1) is 11.8 Å². The van der Waals surface area contributed by atoms with E-state index in [4.69, 9.17) is 9.15 Å². The molecule has 0 radical (unpaired) electrons. The second kappa shape index (κ2) is 8.18. The molecule has 8 heteroatoms. The highest BCUT2D eigenvalue weighted by Crippen LogP contribution is 2.37. The molecule has 1 aliphatic heterocycles. The van der Waals surface area contributed by atoms with E-state index >= 15 is 0 Å². The third-order valence-corrected chi connectivity index (χ3v) is 8.89. The SMILES string of the molecule is COc1cc2c(cc1NC(=O)c1ccccc1SC1CCS(=O)(=O)C1)oc1ccccc12. The number of rotatable bonds is 5. The molecule has 4 aromatic rings. The Morgan fingerprint density at radius 3 is 2.62 bits per heavy atom. The van der Waals surface area contributed by atoms with Gasteiger partial charge >= 0.3 is 0 Å². The summed E-state index contributed by atoms with van der Waals surface area (Å²) in [7, 11) is -1.43. The standard InChI is InChI=1S/C24H21NO5S2/c1-29-22-12-18-16-6-2-4-8-20(16)30-21(18)13-19(22)25-24(26)17-7-3-5-9-23(17)31-15-10-11-32(27,28)14-15/h2-9,12-13,15H,10-11,14H2,1H3,(H,25,26). The highest BCUT2D eigenvalue weighted by Gasteiger charge is 2.29. The van der Waals surface area contributed by atoms with Crippen molar-refractivity contribution < 1.29 is 22.4 Å². The molecule has 0 saturated carbocycles. The van der Waals surface area contributed by atoms with Gasteiger partial charge in [-0.3, -0.25) is 4.79 Å². The van der Waals surface area contributed by atoms with Crippen LogP contribution in [0.5, 0.6) is 5.75 Å². The Morgan fingerprint density at radius 1 is 1.06 bits per heavy atom. The van der Waals surface area contributed by atoms with Gasteiger partial charge in [0.1, 0.15) is 16.9 Å². The Hall–Kier alpha value is -2.97. The largest absolute Gasteiger partial charge is 0.495 e. The third kappa shape index (κ3) is 3.96. The number of thioether (sulfide) groups is 1. The molecule has 1 fully saturated rings. The van der Waals surface area contributed by atoms with Gasteiger partial charge in [0.2, 0.25) is 0 Å². The lowest BCUT2D eigenvalue weighted by Crippen LogP contribution is -2.14. The quantitative estimate of drug-likeness (QED) is 0.438. The van der Waals surface area contributed by atoms with E-state index in [1.165, 1.54) is 11.8 Å². The molecule has 1 aromatic heterocycles. The van der Waals surface area contributed by atoms with Crippen LogP contribution < -0.4 is 10.1 Å². The molecule has 1 saturated heterocycles. The predicted octanol–water partition coefficient (Wildman–Crippen LogP) is 5.13. The van der Waals surface area contributed by atoms with Gasteiger partial charge in [-0.05, 0) is 30.7 Å². The van der Waals surface area contributed by atoms with Crippen LogP contribution in [0.1, 0.15) is 16.8 Å². The number of ether oxygens (including phenoxy) is 1. The minimum Gasteiger partial charge on any atom is -0.495 e. The number of hydrogen-bond acceptors (Lipinski definition) is 6. The van der Waals surface area contributed by atoms with Gasteiger partial charge < -0.3 is 14.5 Å². The molecule has 2 heterocycles. The number of amides is 1. The summed E-state index contributed by atoms with van der Waals surface area (Å²) in [5.41, 5.74) is 2.42. The number of fused-ring (bicyclic) bond motifs is 3. The van der Waals surface area contributed by atoms with Gasteiger partial charge in [-0.2, -0.15) is 0 Å². The van der Waals surface area contributed by atoms with E-state index in [9.17, 15) is 13.2 Å². The summed E-state index contributed by atoms with van der Waals surface area (Å²) in [6.07, 6.45) is 0.597. The maximum absolute atomic E-state index is 13.2. The lowest BCUT2D eigenvalue weighted by atomic mass is 10.1. The molecule has 0 bridgehead atoms. The summed E-state index contributed by atoms with van der Waals surface area (Å²) in [6, 6.07) is 18.6. The summed E-state index contributed by atoms with van der Waals surface area (Å²) in [5, 5.41) is 4.78. The number of sulfone groups is 1. The maximum atomic E-state index is 13.2. The first-order valence-electron chi connectivity index (χ1n) is 10.2. The van der Waals surface area contributed by atoms with Gasteiger partial charge in [0.05, 0.1) is 29.9 Å². The second-order valence-electron chi connectivity index (χ2n) is 7.74. The molecule has 1 unspecified atom stereocenters. The number of benzene rings is 3. The lowest BCUT2D eigenvalue weighted by molar-refractivity contribution is 0.102. The van der Waals surface area contributed by atoms with E-state index in [0.717, 1.165) is 21.3 Å². The summed E-state index contributed by atoms with van der Waals surface area (Å²) in [4.78, 5) is 13.9. The van der Waals surface area contributed by atoms with E-state index < -0.39 is 9.84 Å². The highest BCUT2D eigenvalue weighted by atomic mass is 32.2. The Balaban J connectivity index is 1.46. The van der Waals surface area contributed by atoms with E-state index in [1.807, 2.05) is 42.5 Å². The zero-order valence-electron chi connectivity index (χ0n) is 17.3. The van der Waals surface area contributed by atoms with Crippen LogP contribution in [0.25, 0.3) is 21.9 Å². The highest BCUT2D eigenvalue weighted by molar-refractivity contribution is 8.02. The molecule has 6 nitrogen and oxygen atoms in total. The summed E-state index contributed by atoms with van der Waals surface area (Å²) in [5.74, 6) is 0.588. The van der Waals surface area contributed by atoms with Crippen molar-refractivity contribution >= 4 is 55.1 Å².